The second-order valence-corrected chi connectivity index (χ2v) is 8.99. The fraction of sp³-hybridized carbons (Fsp3) is 0.444. The van der Waals surface area contributed by atoms with E-state index < -0.39 is 28.6 Å². The second-order valence-electron chi connectivity index (χ2n) is 6.89. The molecule has 7 nitrogen and oxygen atoms in total. The molecule has 1 fully saturated rings. The minimum atomic E-state index is -4.63. The van der Waals surface area contributed by atoms with Crippen molar-refractivity contribution >= 4 is 34.0 Å². The van der Waals surface area contributed by atoms with E-state index in [9.17, 15) is 22.2 Å². The molecule has 1 aromatic heterocycles. The summed E-state index contributed by atoms with van der Waals surface area (Å²) in [6.07, 6.45) is -4.63. The van der Waals surface area contributed by atoms with Gasteiger partial charge >= 0.3 is 6.18 Å². The molecule has 0 atom stereocenters. The van der Waals surface area contributed by atoms with Gasteiger partial charge in [0.15, 0.2) is 5.69 Å². The molecule has 0 spiro atoms. The maximum Gasteiger partial charge on any atom is 0.432 e. The van der Waals surface area contributed by atoms with Crippen LogP contribution in [-0.4, -0.2) is 67.8 Å². The van der Waals surface area contributed by atoms with Crippen molar-refractivity contribution in [2.75, 3.05) is 43.4 Å². The molecule has 0 bridgehead atoms. The van der Waals surface area contributed by atoms with Gasteiger partial charge < -0.3 is 10.6 Å². The fourth-order valence-electron chi connectivity index (χ4n) is 3.09. The Morgan fingerprint density at radius 3 is 2.63 bits per heavy atom. The first-order chi connectivity index (χ1) is 14.1. The molecule has 0 saturated carbocycles. The first-order valence-corrected chi connectivity index (χ1v) is 11.0. The van der Waals surface area contributed by atoms with Crippen LogP contribution in [0.3, 0.4) is 0 Å². The Kier molecular flexibility index (Phi) is 7.04. The number of H-pyrrole nitrogens is 1. The summed E-state index contributed by atoms with van der Waals surface area (Å²) in [6, 6.07) is 5.63. The van der Waals surface area contributed by atoms with Gasteiger partial charge in [-0.3, -0.25) is 19.0 Å². The van der Waals surface area contributed by atoms with Crippen LogP contribution in [0.25, 0.3) is 0 Å². The molecule has 30 heavy (non-hydrogen) atoms. The number of aromatic amines is 1. The zero-order chi connectivity index (χ0) is 21.9. The molecule has 1 aromatic carbocycles. The number of halogens is 4. The summed E-state index contributed by atoms with van der Waals surface area (Å²) >= 11 is 6.22. The topological polar surface area (TPSA) is 95.3 Å². The van der Waals surface area contributed by atoms with Crippen molar-refractivity contribution < 1.29 is 22.2 Å². The van der Waals surface area contributed by atoms with Crippen molar-refractivity contribution in [3.05, 3.63) is 46.2 Å². The largest absolute Gasteiger partial charge is 0.432 e. The Labute approximate surface area is 178 Å². The molecule has 0 aliphatic carbocycles. The first kappa shape index (κ1) is 22.6. The van der Waals surface area contributed by atoms with E-state index in [1.807, 2.05) is 5.10 Å². The van der Waals surface area contributed by atoms with Gasteiger partial charge in [-0.1, -0.05) is 17.7 Å². The molecular weight excluding hydrogens is 443 g/mol. The number of carbonyl (C=O) groups excluding carboxylic acids is 1. The summed E-state index contributed by atoms with van der Waals surface area (Å²) in [5.41, 5.74) is 5.44. The Hall–Kier alpha value is -2.11. The van der Waals surface area contributed by atoms with Crippen molar-refractivity contribution in [1.29, 1.82) is 0 Å². The van der Waals surface area contributed by atoms with Crippen LogP contribution in [0, 0.1) is 0 Å². The van der Waals surface area contributed by atoms with Crippen LogP contribution in [0.2, 0.25) is 5.02 Å². The Morgan fingerprint density at radius 1 is 1.33 bits per heavy atom. The summed E-state index contributed by atoms with van der Waals surface area (Å²) in [5.74, 6) is 0.445. The molecule has 0 radical (unpaired) electrons. The molecule has 164 valence electrons. The van der Waals surface area contributed by atoms with E-state index in [1.54, 1.807) is 18.2 Å². The lowest BCUT2D eigenvalue weighted by molar-refractivity contribution is -0.141. The van der Waals surface area contributed by atoms with E-state index in [-0.39, 0.29) is 18.8 Å². The minimum Gasteiger partial charge on any atom is -0.398 e. The predicted molar refractivity (Wildman–Crippen MR) is 109 cm³/mol. The van der Waals surface area contributed by atoms with Gasteiger partial charge in [-0.25, -0.2) is 0 Å². The van der Waals surface area contributed by atoms with Gasteiger partial charge in [-0.05, 0) is 12.1 Å². The van der Waals surface area contributed by atoms with Crippen molar-refractivity contribution in [2.45, 2.75) is 12.7 Å². The zero-order valence-corrected chi connectivity index (χ0v) is 17.5. The second kappa shape index (κ2) is 9.36. The molecular formula is C18H21ClF3N5O2S. The highest BCUT2D eigenvalue weighted by Crippen LogP contribution is 2.28. The first-order valence-electron chi connectivity index (χ1n) is 9.17. The number of rotatable bonds is 6. The quantitative estimate of drug-likeness (QED) is 0.641. The van der Waals surface area contributed by atoms with Crippen LogP contribution in [-0.2, 0) is 23.5 Å². The number of nitrogens with two attached hydrogens (primary N) is 1. The van der Waals surface area contributed by atoms with Gasteiger partial charge in [0.25, 0.3) is 5.91 Å². The van der Waals surface area contributed by atoms with Crippen LogP contribution in [0.5, 0.6) is 0 Å². The van der Waals surface area contributed by atoms with Gasteiger partial charge in [-0.2, -0.15) is 18.3 Å². The van der Waals surface area contributed by atoms with Crippen molar-refractivity contribution in [2.24, 2.45) is 0 Å². The number of hydrogen-bond acceptors (Lipinski definition) is 5. The average molecular weight is 464 g/mol. The normalized spacial score (nSPS) is 16.0. The SMILES string of the molecule is Nc1cccc(Cl)c1CN(CCN1CCS(=O)CC1)C(=O)c1cc(C(F)(F)F)[nH]n1. The monoisotopic (exact) mass is 463 g/mol. The van der Waals surface area contributed by atoms with Crippen molar-refractivity contribution in [3.63, 3.8) is 0 Å². The number of nitrogens with zero attached hydrogens (tertiary/aromatic N) is 3. The van der Waals surface area contributed by atoms with E-state index in [2.05, 4.69) is 10.00 Å². The number of alkyl halides is 3. The Balaban J connectivity index is 1.80. The third-order valence-electron chi connectivity index (χ3n) is 4.85. The number of aromatic nitrogens is 2. The van der Waals surface area contributed by atoms with E-state index in [0.717, 1.165) is 0 Å². The Bertz CT molecular complexity index is 907. The number of nitrogen functional groups attached to an aromatic ring is 1. The highest BCUT2D eigenvalue weighted by Gasteiger charge is 2.34. The van der Waals surface area contributed by atoms with E-state index >= 15 is 0 Å². The number of anilines is 1. The lowest BCUT2D eigenvalue weighted by atomic mass is 10.1. The van der Waals surface area contributed by atoms with Gasteiger partial charge in [0.1, 0.15) is 5.69 Å². The molecule has 1 amide bonds. The van der Waals surface area contributed by atoms with E-state index in [4.69, 9.17) is 17.3 Å². The highest BCUT2D eigenvalue weighted by atomic mass is 35.5. The van der Waals surface area contributed by atoms with Crippen LogP contribution in [0.15, 0.2) is 24.3 Å². The lowest BCUT2D eigenvalue weighted by Crippen LogP contribution is -2.43. The molecule has 2 heterocycles. The van der Waals surface area contributed by atoms with Crippen LogP contribution in [0.1, 0.15) is 21.7 Å². The summed E-state index contributed by atoms with van der Waals surface area (Å²) in [5, 5.41) is 5.76. The summed E-state index contributed by atoms with van der Waals surface area (Å²) in [4.78, 5) is 16.4. The molecule has 12 heteroatoms. The summed E-state index contributed by atoms with van der Waals surface area (Å²) in [6.45, 7) is 1.99. The van der Waals surface area contributed by atoms with E-state index in [0.29, 0.717) is 53.5 Å². The molecule has 2 aromatic rings. The molecule has 3 rings (SSSR count). The minimum absolute atomic E-state index is 0.0261. The average Bonchev–Trinajstić information content (AvgIpc) is 3.19. The Morgan fingerprint density at radius 2 is 2.03 bits per heavy atom. The number of carbonyl (C=O) groups is 1. The van der Waals surface area contributed by atoms with Gasteiger partial charge in [0, 0.05) is 77.4 Å². The highest BCUT2D eigenvalue weighted by molar-refractivity contribution is 7.85. The van der Waals surface area contributed by atoms with Crippen molar-refractivity contribution in [1.82, 2.24) is 20.0 Å². The number of hydrogen-bond donors (Lipinski definition) is 2. The van der Waals surface area contributed by atoms with E-state index in [1.165, 1.54) is 4.90 Å². The molecule has 1 aliphatic heterocycles. The van der Waals surface area contributed by atoms with Crippen LogP contribution >= 0.6 is 11.6 Å². The standard InChI is InChI=1S/C18H21ClF3N5O2S/c19-13-2-1-3-14(23)12(13)11-27(5-4-26-6-8-30(29)9-7-26)17(28)15-10-16(25-24-15)18(20,21)22/h1-3,10H,4-9,11,23H2,(H,24,25). The molecule has 0 unspecified atom stereocenters. The lowest BCUT2D eigenvalue weighted by Gasteiger charge is -2.30. The summed E-state index contributed by atoms with van der Waals surface area (Å²) in [7, 11) is -0.834. The third kappa shape index (κ3) is 5.52. The molecule has 1 aliphatic rings. The van der Waals surface area contributed by atoms with Gasteiger partial charge in [-0.15, -0.1) is 0 Å². The van der Waals surface area contributed by atoms with Gasteiger partial charge in [0.2, 0.25) is 0 Å². The summed E-state index contributed by atoms with van der Waals surface area (Å²) < 4.78 is 50.2. The molecule has 1 saturated heterocycles. The van der Waals surface area contributed by atoms with Gasteiger partial charge in [0.05, 0.1) is 0 Å². The third-order valence-corrected chi connectivity index (χ3v) is 6.48. The van der Waals surface area contributed by atoms with Crippen molar-refractivity contribution in [3.8, 4) is 0 Å². The number of nitrogens with one attached hydrogen (secondary N) is 1. The fourth-order valence-corrected chi connectivity index (χ4v) is 4.45. The number of amides is 1. The maximum atomic E-state index is 13.0. The van der Waals surface area contributed by atoms with Crippen LogP contribution < -0.4 is 5.73 Å². The smallest absolute Gasteiger partial charge is 0.398 e. The van der Waals surface area contributed by atoms with Crippen LogP contribution in [0.4, 0.5) is 18.9 Å². The maximum absolute atomic E-state index is 13.0. The zero-order valence-electron chi connectivity index (χ0n) is 15.9. The molecule has 3 N–H and O–H groups in total. The number of benzene rings is 1. The predicted octanol–water partition coefficient (Wildman–Crippen LogP) is 2.37.